The van der Waals surface area contributed by atoms with Crippen LogP contribution in [0.5, 0.6) is 0 Å². The first-order valence-corrected chi connectivity index (χ1v) is 6.72. The molecule has 7 nitrogen and oxygen atoms in total. The molecule has 3 N–H and O–H groups in total. The lowest BCUT2D eigenvalue weighted by Gasteiger charge is -2.27. The molecule has 1 fully saturated rings. The van der Waals surface area contributed by atoms with E-state index in [2.05, 4.69) is 20.2 Å². The van der Waals surface area contributed by atoms with Crippen LogP contribution in [0.1, 0.15) is 6.92 Å². The van der Waals surface area contributed by atoms with Crippen molar-refractivity contribution in [3.8, 4) is 0 Å². The van der Waals surface area contributed by atoms with Gasteiger partial charge in [-0.05, 0) is 12.1 Å². The normalized spacial score (nSPS) is 14.4. The minimum Gasteiger partial charge on any atom is -0.481 e. The Bertz CT molecular complexity index is 673. The maximum atomic E-state index is 11.9. The summed E-state index contributed by atoms with van der Waals surface area (Å²) >= 11 is 0. The first kappa shape index (κ1) is 15.0. The third-order valence-electron chi connectivity index (χ3n) is 3.02. The molecule has 0 amide bonds. The number of carbonyl (C=O) groups is 1. The Hall–Kier alpha value is -2.41. The zero-order valence-corrected chi connectivity index (χ0v) is 11.8. The molecule has 21 heavy (non-hydrogen) atoms. The number of H-pyrrole nitrogens is 1. The summed E-state index contributed by atoms with van der Waals surface area (Å²) in [6, 6.07) is 7.42. The van der Waals surface area contributed by atoms with E-state index in [1.54, 1.807) is 6.07 Å². The summed E-state index contributed by atoms with van der Waals surface area (Å²) in [5, 5.41) is 11.3. The number of nitrogens with one attached hydrogen (secondary N) is 2. The molecular weight excluding hydrogens is 272 g/mol. The fourth-order valence-corrected chi connectivity index (χ4v) is 2.10. The van der Waals surface area contributed by atoms with Crippen LogP contribution in [0.25, 0.3) is 10.9 Å². The Morgan fingerprint density at radius 2 is 1.90 bits per heavy atom. The number of benzene rings is 1. The molecule has 0 atom stereocenters. The SMILES string of the molecule is CC(=O)O.O=c1[nH]c(N2CCNCC2)nc2ccccc12. The van der Waals surface area contributed by atoms with Crippen molar-refractivity contribution in [2.75, 3.05) is 31.1 Å². The maximum absolute atomic E-state index is 11.9. The number of anilines is 1. The lowest BCUT2D eigenvalue weighted by molar-refractivity contribution is -0.134. The number of aromatic nitrogens is 2. The van der Waals surface area contributed by atoms with Crippen molar-refractivity contribution < 1.29 is 9.90 Å². The van der Waals surface area contributed by atoms with Gasteiger partial charge >= 0.3 is 0 Å². The van der Waals surface area contributed by atoms with Crippen molar-refractivity contribution >= 4 is 22.8 Å². The van der Waals surface area contributed by atoms with Crippen molar-refractivity contribution in [2.24, 2.45) is 0 Å². The summed E-state index contributed by atoms with van der Waals surface area (Å²) in [5.41, 5.74) is 0.689. The zero-order valence-electron chi connectivity index (χ0n) is 11.8. The van der Waals surface area contributed by atoms with Crippen LogP contribution in [-0.4, -0.2) is 47.2 Å². The van der Waals surface area contributed by atoms with Crippen molar-refractivity contribution in [1.29, 1.82) is 0 Å². The molecule has 1 aromatic heterocycles. The first-order valence-electron chi connectivity index (χ1n) is 6.72. The summed E-state index contributed by atoms with van der Waals surface area (Å²) in [6.07, 6.45) is 0. The van der Waals surface area contributed by atoms with Crippen LogP contribution < -0.4 is 15.8 Å². The van der Waals surface area contributed by atoms with Gasteiger partial charge in [0.2, 0.25) is 5.95 Å². The maximum Gasteiger partial charge on any atom is 0.300 e. The summed E-state index contributed by atoms with van der Waals surface area (Å²) in [6.45, 7) is 4.69. The van der Waals surface area contributed by atoms with Crippen LogP contribution in [0.3, 0.4) is 0 Å². The van der Waals surface area contributed by atoms with Crippen LogP contribution in [0, 0.1) is 0 Å². The first-order chi connectivity index (χ1) is 10.1. The minimum atomic E-state index is -0.833. The van der Waals surface area contributed by atoms with Gasteiger partial charge < -0.3 is 15.3 Å². The van der Waals surface area contributed by atoms with E-state index in [1.807, 2.05) is 18.2 Å². The van der Waals surface area contributed by atoms with Crippen LogP contribution in [0.4, 0.5) is 5.95 Å². The van der Waals surface area contributed by atoms with E-state index in [0.29, 0.717) is 11.3 Å². The molecule has 3 rings (SSSR count). The molecule has 112 valence electrons. The standard InChI is InChI=1S/C12H14N4O.C2H4O2/c17-11-9-3-1-2-4-10(9)14-12(15-11)16-7-5-13-6-8-16;1-2(3)4/h1-4,13H,5-8H2,(H,14,15,17);1H3,(H,3,4). The number of carboxylic acid groups (broad SMARTS) is 1. The number of aromatic amines is 1. The average Bonchev–Trinajstić information content (AvgIpc) is 2.47. The Morgan fingerprint density at radius 3 is 2.57 bits per heavy atom. The predicted molar refractivity (Wildman–Crippen MR) is 80.8 cm³/mol. The number of para-hydroxylation sites is 1. The van der Waals surface area contributed by atoms with E-state index in [0.717, 1.165) is 38.6 Å². The molecule has 0 radical (unpaired) electrons. The second-order valence-electron chi connectivity index (χ2n) is 4.66. The highest BCUT2D eigenvalue weighted by atomic mass is 16.4. The average molecular weight is 290 g/mol. The minimum absolute atomic E-state index is 0.0656. The monoisotopic (exact) mass is 290 g/mol. The fourth-order valence-electron chi connectivity index (χ4n) is 2.10. The second-order valence-corrected chi connectivity index (χ2v) is 4.66. The molecule has 0 bridgehead atoms. The van der Waals surface area contributed by atoms with Crippen LogP contribution in [0.2, 0.25) is 0 Å². The number of nitrogens with zero attached hydrogens (tertiary/aromatic N) is 2. The van der Waals surface area contributed by atoms with E-state index < -0.39 is 5.97 Å². The molecule has 7 heteroatoms. The highest BCUT2D eigenvalue weighted by Crippen LogP contribution is 2.11. The predicted octanol–water partition coefficient (Wildman–Crippen LogP) is 0.424. The van der Waals surface area contributed by atoms with Gasteiger partial charge in [0.05, 0.1) is 10.9 Å². The topological polar surface area (TPSA) is 98.3 Å². The molecule has 0 aliphatic carbocycles. The van der Waals surface area contributed by atoms with Crippen molar-refractivity contribution in [3.63, 3.8) is 0 Å². The van der Waals surface area contributed by atoms with Crippen molar-refractivity contribution in [3.05, 3.63) is 34.6 Å². The number of aliphatic carboxylic acids is 1. The van der Waals surface area contributed by atoms with Gasteiger partial charge in [-0.3, -0.25) is 14.6 Å². The largest absolute Gasteiger partial charge is 0.481 e. The van der Waals surface area contributed by atoms with E-state index >= 15 is 0 Å². The molecule has 1 aliphatic rings. The van der Waals surface area contributed by atoms with E-state index in [1.165, 1.54) is 0 Å². The van der Waals surface area contributed by atoms with Gasteiger partial charge in [-0.1, -0.05) is 12.1 Å². The number of fused-ring (bicyclic) bond motifs is 1. The molecule has 2 aromatic rings. The van der Waals surface area contributed by atoms with Crippen LogP contribution in [-0.2, 0) is 4.79 Å². The number of carboxylic acids is 1. The lowest BCUT2D eigenvalue weighted by atomic mass is 10.2. The molecule has 1 saturated heterocycles. The number of hydrogen-bond donors (Lipinski definition) is 3. The Morgan fingerprint density at radius 1 is 1.29 bits per heavy atom. The zero-order chi connectivity index (χ0) is 15.2. The summed E-state index contributed by atoms with van der Waals surface area (Å²) < 4.78 is 0. The Balaban J connectivity index is 0.000000361. The van der Waals surface area contributed by atoms with Gasteiger partial charge in [-0.2, -0.15) is 0 Å². The smallest absolute Gasteiger partial charge is 0.300 e. The second kappa shape index (κ2) is 6.85. The molecular formula is C14H18N4O3. The Kier molecular flexibility index (Phi) is 4.89. The number of hydrogen-bond acceptors (Lipinski definition) is 5. The molecule has 1 aromatic carbocycles. The van der Waals surface area contributed by atoms with Crippen molar-refractivity contribution in [2.45, 2.75) is 6.92 Å². The summed E-state index contributed by atoms with van der Waals surface area (Å²) in [5.74, 6) is -0.157. The highest BCUT2D eigenvalue weighted by molar-refractivity contribution is 5.78. The third-order valence-corrected chi connectivity index (χ3v) is 3.02. The number of rotatable bonds is 1. The van der Waals surface area contributed by atoms with Gasteiger partial charge in [0, 0.05) is 33.1 Å². The third kappa shape index (κ3) is 4.03. The van der Waals surface area contributed by atoms with Gasteiger partial charge in [0.15, 0.2) is 0 Å². The van der Waals surface area contributed by atoms with E-state index in [4.69, 9.17) is 9.90 Å². The van der Waals surface area contributed by atoms with Crippen LogP contribution >= 0.6 is 0 Å². The number of piperazine rings is 1. The van der Waals surface area contributed by atoms with Gasteiger partial charge in [-0.25, -0.2) is 4.98 Å². The van der Waals surface area contributed by atoms with E-state index in [9.17, 15) is 4.79 Å². The lowest BCUT2D eigenvalue weighted by Crippen LogP contribution is -2.44. The fraction of sp³-hybridized carbons (Fsp3) is 0.357. The van der Waals surface area contributed by atoms with Gasteiger partial charge in [0.25, 0.3) is 11.5 Å². The molecule has 1 aliphatic heterocycles. The highest BCUT2D eigenvalue weighted by Gasteiger charge is 2.13. The quantitative estimate of drug-likeness (QED) is 0.704. The molecule has 0 spiro atoms. The molecule has 0 unspecified atom stereocenters. The van der Waals surface area contributed by atoms with Crippen molar-refractivity contribution in [1.82, 2.24) is 15.3 Å². The molecule has 2 heterocycles. The van der Waals surface area contributed by atoms with E-state index in [-0.39, 0.29) is 5.56 Å². The Labute approximate surface area is 121 Å². The van der Waals surface area contributed by atoms with Gasteiger partial charge in [0.1, 0.15) is 0 Å². The summed E-state index contributed by atoms with van der Waals surface area (Å²) in [7, 11) is 0. The molecule has 0 saturated carbocycles. The van der Waals surface area contributed by atoms with Crippen LogP contribution in [0.15, 0.2) is 29.1 Å². The summed E-state index contributed by atoms with van der Waals surface area (Å²) in [4.78, 5) is 30.4. The van der Waals surface area contributed by atoms with Gasteiger partial charge in [-0.15, -0.1) is 0 Å².